The summed E-state index contributed by atoms with van der Waals surface area (Å²) in [6.07, 6.45) is 3.85. The van der Waals surface area contributed by atoms with Crippen molar-refractivity contribution in [3.63, 3.8) is 0 Å². The highest BCUT2D eigenvalue weighted by atomic mass is 32.2. The van der Waals surface area contributed by atoms with Gasteiger partial charge >= 0.3 is 6.03 Å². The van der Waals surface area contributed by atoms with Crippen LogP contribution in [0.1, 0.15) is 20.3 Å². The molecule has 8 nitrogen and oxygen atoms in total. The molecular weight excluding hydrogens is 294 g/mol. The Hall–Kier alpha value is -2.03. The molecule has 2 heterocycles. The molecule has 114 valence electrons. The van der Waals surface area contributed by atoms with Gasteiger partial charge in [0.2, 0.25) is 5.91 Å². The SMILES string of the molecule is CCC1(C)NC(=O)N(NC(=O)CSc2nccn2C)C1=O. The predicted molar refractivity (Wildman–Crippen MR) is 76.1 cm³/mol. The Bertz CT molecular complexity index is 587. The molecule has 1 fully saturated rings. The summed E-state index contributed by atoms with van der Waals surface area (Å²) in [4.78, 5) is 39.8. The van der Waals surface area contributed by atoms with E-state index in [0.717, 1.165) is 5.01 Å². The Labute approximate surface area is 126 Å². The summed E-state index contributed by atoms with van der Waals surface area (Å²) in [7, 11) is 1.82. The minimum atomic E-state index is -0.961. The minimum absolute atomic E-state index is 0.0603. The van der Waals surface area contributed by atoms with Gasteiger partial charge in [-0.15, -0.1) is 0 Å². The second-order valence-corrected chi connectivity index (χ2v) is 5.84. The molecule has 21 heavy (non-hydrogen) atoms. The van der Waals surface area contributed by atoms with Crippen LogP contribution in [0.2, 0.25) is 0 Å². The standard InChI is InChI=1S/C12H17N5O3S/c1-4-12(2)9(19)17(10(20)14-12)15-8(18)7-21-11-13-5-6-16(11)3/h5-6H,4,7H2,1-3H3,(H,14,20)(H,15,18). The van der Waals surface area contributed by atoms with Crippen LogP contribution < -0.4 is 10.7 Å². The second-order valence-electron chi connectivity index (χ2n) is 4.90. The molecule has 2 N–H and O–H groups in total. The topological polar surface area (TPSA) is 96.3 Å². The lowest BCUT2D eigenvalue weighted by Crippen LogP contribution is -2.49. The number of amides is 4. The van der Waals surface area contributed by atoms with Crippen molar-refractivity contribution in [1.29, 1.82) is 0 Å². The van der Waals surface area contributed by atoms with Crippen LogP contribution in [0.25, 0.3) is 0 Å². The van der Waals surface area contributed by atoms with E-state index in [1.54, 1.807) is 30.8 Å². The van der Waals surface area contributed by atoms with Gasteiger partial charge in [0, 0.05) is 19.4 Å². The summed E-state index contributed by atoms with van der Waals surface area (Å²) >= 11 is 1.22. The maximum atomic E-state index is 12.1. The van der Waals surface area contributed by atoms with E-state index in [1.807, 2.05) is 7.05 Å². The number of hydrogen-bond acceptors (Lipinski definition) is 5. The molecule has 1 aromatic rings. The van der Waals surface area contributed by atoms with Crippen molar-refractivity contribution < 1.29 is 14.4 Å². The number of thioether (sulfide) groups is 1. The van der Waals surface area contributed by atoms with E-state index >= 15 is 0 Å². The quantitative estimate of drug-likeness (QED) is 0.601. The van der Waals surface area contributed by atoms with Crippen LogP contribution in [0.3, 0.4) is 0 Å². The number of hydrazine groups is 1. The highest BCUT2D eigenvalue weighted by molar-refractivity contribution is 7.99. The summed E-state index contributed by atoms with van der Waals surface area (Å²) in [6.45, 7) is 3.42. The van der Waals surface area contributed by atoms with E-state index in [1.165, 1.54) is 11.8 Å². The molecule has 9 heteroatoms. The van der Waals surface area contributed by atoms with Gasteiger partial charge in [-0.1, -0.05) is 18.7 Å². The van der Waals surface area contributed by atoms with Gasteiger partial charge in [0.1, 0.15) is 5.54 Å². The fraction of sp³-hybridized carbons (Fsp3) is 0.500. The van der Waals surface area contributed by atoms with E-state index in [-0.39, 0.29) is 5.75 Å². The first kappa shape index (κ1) is 15.4. The summed E-state index contributed by atoms with van der Waals surface area (Å²) in [5.41, 5.74) is 1.36. The molecule has 0 saturated carbocycles. The molecule has 0 aliphatic carbocycles. The Morgan fingerprint density at radius 1 is 1.52 bits per heavy atom. The van der Waals surface area contributed by atoms with E-state index in [4.69, 9.17) is 0 Å². The van der Waals surface area contributed by atoms with Crippen LogP contribution in [-0.4, -0.2) is 43.7 Å². The number of imidazole rings is 1. The summed E-state index contributed by atoms with van der Waals surface area (Å²) in [5, 5.41) is 3.99. The maximum absolute atomic E-state index is 12.1. The van der Waals surface area contributed by atoms with Gasteiger partial charge in [-0.25, -0.2) is 9.78 Å². The number of urea groups is 1. The molecule has 1 aliphatic heterocycles. The Kier molecular flexibility index (Phi) is 4.21. The highest BCUT2D eigenvalue weighted by Crippen LogP contribution is 2.19. The van der Waals surface area contributed by atoms with Crippen molar-refractivity contribution in [3.8, 4) is 0 Å². The molecule has 0 radical (unpaired) electrons. The molecule has 1 unspecified atom stereocenters. The fourth-order valence-corrected chi connectivity index (χ4v) is 2.53. The molecule has 0 aromatic carbocycles. The van der Waals surface area contributed by atoms with Crippen molar-refractivity contribution >= 4 is 29.6 Å². The van der Waals surface area contributed by atoms with Crippen molar-refractivity contribution in [2.45, 2.75) is 31.0 Å². The van der Waals surface area contributed by atoms with Crippen molar-refractivity contribution in [3.05, 3.63) is 12.4 Å². The number of aryl methyl sites for hydroxylation is 1. The number of nitrogens with zero attached hydrogens (tertiary/aromatic N) is 3. The van der Waals surface area contributed by atoms with Gasteiger partial charge in [-0.05, 0) is 13.3 Å². The Balaban J connectivity index is 1.92. The lowest BCUT2D eigenvalue weighted by Gasteiger charge is -2.19. The number of aromatic nitrogens is 2. The van der Waals surface area contributed by atoms with E-state index in [2.05, 4.69) is 15.7 Å². The van der Waals surface area contributed by atoms with Gasteiger partial charge < -0.3 is 9.88 Å². The summed E-state index contributed by atoms with van der Waals surface area (Å²) in [6, 6.07) is -0.611. The van der Waals surface area contributed by atoms with E-state index in [9.17, 15) is 14.4 Å². The fourth-order valence-electron chi connectivity index (χ4n) is 1.80. The second kappa shape index (κ2) is 5.76. The molecule has 4 amide bonds. The monoisotopic (exact) mass is 311 g/mol. The predicted octanol–water partition coefficient (Wildman–Crippen LogP) is 0.264. The first-order valence-electron chi connectivity index (χ1n) is 6.43. The third-order valence-electron chi connectivity index (χ3n) is 3.31. The lowest BCUT2D eigenvalue weighted by molar-refractivity contribution is -0.137. The summed E-state index contributed by atoms with van der Waals surface area (Å²) < 4.78 is 1.78. The zero-order valence-electron chi connectivity index (χ0n) is 12.0. The van der Waals surface area contributed by atoms with Gasteiger partial charge in [-0.2, -0.15) is 5.01 Å². The van der Waals surface area contributed by atoms with Crippen LogP contribution in [0, 0.1) is 0 Å². The van der Waals surface area contributed by atoms with Crippen LogP contribution in [0.4, 0.5) is 4.79 Å². The average Bonchev–Trinajstić information content (AvgIpc) is 2.94. The normalized spacial score (nSPS) is 21.6. The molecule has 2 rings (SSSR count). The third kappa shape index (κ3) is 3.02. The van der Waals surface area contributed by atoms with E-state index in [0.29, 0.717) is 11.6 Å². The van der Waals surface area contributed by atoms with Crippen LogP contribution in [-0.2, 0) is 16.6 Å². The van der Waals surface area contributed by atoms with Crippen molar-refractivity contribution in [2.24, 2.45) is 7.05 Å². The van der Waals surface area contributed by atoms with Gasteiger partial charge in [0.05, 0.1) is 5.75 Å². The molecule has 0 bridgehead atoms. The molecule has 0 spiro atoms. The lowest BCUT2D eigenvalue weighted by atomic mass is 10.00. The molecule has 1 aliphatic rings. The molecular formula is C12H17N5O3S. The number of hydrogen-bond donors (Lipinski definition) is 2. The smallest absolute Gasteiger partial charge is 0.329 e. The highest BCUT2D eigenvalue weighted by Gasteiger charge is 2.47. The third-order valence-corrected chi connectivity index (χ3v) is 4.37. The largest absolute Gasteiger partial charge is 0.344 e. The average molecular weight is 311 g/mol. The molecule has 1 atom stereocenters. The number of rotatable bonds is 5. The summed E-state index contributed by atoms with van der Waals surface area (Å²) in [5.74, 6) is -0.831. The number of nitrogens with one attached hydrogen (secondary N) is 2. The Morgan fingerprint density at radius 3 is 2.76 bits per heavy atom. The van der Waals surface area contributed by atoms with Gasteiger partial charge in [0.15, 0.2) is 5.16 Å². The van der Waals surface area contributed by atoms with Crippen LogP contribution in [0.5, 0.6) is 0 Å². The first-order valence-corrected chi connectivity index (χ1v) is 7.42. The Morgan fingerprint density at radius 2 is 2.24 bits per heavy atom. The minimum Gasteiger partial charge on any atom is -0.329 e. The number of imide groups is 1. The van der Waals surface area contributed by atoms with Gasteiger partial charge in [-0.3, -0.25) is 15.0 Å². The first-order chi connectivity index (χ1) is 9.87. The van der Waals surface area contributed by atoms with Gasteiger partial charge in [0.25, 0.3) is 5.91 Å². The zero-order chi connectivity index (χ0) is 15.6. The maximum Gasteiger partial charge on any atom is 0.344 e. The van der Waals surface area contributed by atoms with Crippen molar-refractivity contribution in [2.75, 3.05) is 5.75 Å². The number of carbonyl (C=O) groups excluding carboxylic acids is 3. The molecule has 1 saturated heterocycles. The zero-order valence-corrected chi connectivity index (χ0v) is 12.9. The van der Waals surface area contributed by atoms with Crippen molar-refractivity contribution in [1.82, 2.24) is 25.3 Å². The van der Waals surface area contributed by atoms with E-state index < -0.39 is 23.4 Å². The molecule has 1 aromatic heterocycles. The van der Waals surface area contributed by atoms with Crippen LogP contribution >= 0.6 is 11.8 Å². The number of carbonyl (C=O) groups is 3. The van der Waals surface area contributed by atoms with Crippen LogP contribution in [0.15, 0.2) is 17.6 Å².